The number of urea groups is 1. The van der Waals surface area contributed by atoms with Crippen molar-refractivity contribution in [3.8, 4) is 0 Å². The number of Topliss-reactive ketones (excluding diaryl/α,β-unsaturated/α-hetero) is 2. The molecule has 1 fully saturated rings. The van der Waals surface area contributed by atoms with Crippen LogP contribution in [0, 0.1) is 11.3 Å². The second-order valence-corrected chi connectivity index (χ2v) is 12.4. The summed E-state index contributed by atoms with van der Waals surface area (Å²) in [4.78, 5) is 78.4. The zero-order chi connectivity index (χ0) is 33.4. The minimum absolute atomic E-state index is 0.102. The number of halogens is 3. The Balaban J connectivity index is 2.26. The van der Waals surface area contributed by atoms with Gasteiger partial charge in [-0.2, -0.15) is 13.2 Å². The van der Waals surface area contributed by atoms with Crippen molar-refractivity contribution in [3.05, 3.63) is 35.9 Å². The van der Waals surface area contributed by atoms with Gasteiger partial charge in [-0.15, -0.1) is 0 Å². The van der Waals surface area contributed by atoms with Crippen molar-refractivity contribution in [2.24, 2.45) is 17.1 Å². The van der Waals surface area contributed by atoms with E-state index in [0.717, 1.165) is 0 Å². The van der Waals surface area contributed by atoms with E-state index in [4.69, 9.17) is 5.73 Å². The van der Waals surface area contributed by atoms with Crippen LogP contribution in [0.15, 0.2) is 30.3 Å². The monoisotopic (exact) mass is 625 g/mol. The van der Waals surface area contributed by atoms with Crippen LogP contribution >= 0.6 is 0 Å². The Kier molecular flexibility index (Phi) is 12.5. The number of carbonyl (C=O) groups is 6. The number of benzene rings is 1. The lowest BCUT2D eigenvalue weighted by Crippen LogP contribution is -2.63. The van der Waals surface area contributed by atoms with E-state index in [-0.39, 0.29) is 24.7 Å². The number of carbonyl (C=O) groups excluding carboxylic acids is 6. The largest absolute Gasteiger partial charge is 0.389 e. The highest BCUT2D eigenvalue weighted by Gasteiger charge is 2.42. The molecule has 0 radical (unpaired) electrons. The van der Waals surface area contributed by atoms with Crippen molar-refractivity contribution in [1.82, 2.24) is 20.9 Å². The van der Waals surface area contributed by atoms with Crippen LogP contribution in [-0.2, 0) is 19.2 Å². The van der Waals surface area contributed by atoms with Crippen LogP contribution < -0.4 is 21.7 Å². The molecule has 1 aromatic rings. The summed E-state index contributed by atoms with van der Waals surface area (Å²) in [6, 6.07) is 2.56. The molecule has 1 aliphatic heterocycles. The predicted molar refractivity (Wildman–Crippen MR) is 155 cm³/mol. The average molecular weight is 626 g/mol. The van der Waals surface area contributed by atoms with Gasteiger partial charge in [0.05, 0.1) is 12.1 Å². The van der Waals surface area contributed by atoms with Gasteiger partial charge < -0.3 is 26.6 Å². The van der Waals surface area contributed by atoms with Crippen LogP contribution in [0.1, 0.15) is 77.1 Å². The van der Waals surface area contributed by atoms with Crippen molar-refractivity contribution < 1.29 is 41.9 Å². The number of rotatable bonds is 12. The zero-order valence-electron chi connectivity index (χ0n) is 25.6. The van der Waals surface area contributed by atoms with Gasteiger partial charge in [-0.05, 0) is 37.0 Å². The Morgan fingerprint density at radius 3 is 2.09 bits per heavy atom. The fourth-order valence-electron chi connectivity index (χ4n) is 4.93. The Hall–Kier alpha value is -3.97. The fourth-order valence-corrected chi connectivity index (χ4v) is 4.93. The van der Waals surface area contributed by atoms with Gasteiger partial charge in [0.15, 0.2) is 5.78 Å². The summed E-state index contributed by atoms with van der Waals surface area (Å²) in [7, 11) is 0. The summed E-state index contributed by atoms with van der Waals surface area (Å²) in [5, 5.41) is 7.50. The first-order valence-electron chi connectivity index (χ1n) is 14.5. The number of nitrogens with two attached hydrogens (primary N) is 1. The highest BCUT2D eigenvalue weighted by Crippen LogP contribution is 2.27. The first kappa shape index (κ1) is 36.2. The number of hydrogen-bond acceptors (Lipinski definition) is 6. The molecule has 5 N–H and O–H groups in total. The molecule has 1 saturated heterocycles. The molecule has 44 heavy (non-hydrogen) atoms. The van der Waals surface area contributed by atoms with Crippen LogP contribution in [-0.4, -0.2) is 77.1 Å². The maximum absolute atomic E-state index is 13.9. The van der Waals surface area contributed by atoms with E-state index in [0.29, 0.717) is 18.4 Å². The molecule has 4 atom stereocenters. The van der Waals surface area contributed by atoms with Gasteiger partial charge in [0, 0.05) is 18.5 Å². The molecule has 1 aromatic carbocycles. The maximum atomic E-state index is 13.9. The Morgan fingerprint density at radius 2 is 1.57 bits per heavy atom. The molecule has 11 nitrogen and oxygen atoms in total. The predicted octanol–water partition coefficient (Wildman–Crippen LogP) is 2.87. The second-order valence-electron chi connectivity index (χ2n) is 12.4. The summed E-state index contributed by atoms with van der Waals surface area (Å²) >= 11 is 0. The van der Waals surface area contributed by atoms with Gasteiger partial charge >= 0.3 is 12.2 Å². The Labute approximate surface area is 254 Å². The number of piperidine rings is 1. The number of hydrogen-bond donors (Lipinski definition) is 4. The van der Waals surface area contributed by atoms with Crippen molar-refractivity contribution in [2.45, 2.75) is 97.1 Å². The molecular weight excluding hydrogens is 583 g/mol. The van der Waals surface area contributed by atoms with Gasteiger partial charge in [0.1, 0.15) is 12.1 Å². The normalized spacial score (nSPS) is 17.7. The average Bonchev–Trinajstić information content (AvgIpc) is 2.94. The molecule has 0 bridgehead atoms. The highest BCUT2D eigenvalue weighted by atomic mass is 19.4. The standard InChI is InChI=1S/C30H42F3N5O6/c1-17(2)21(22(39)18-11-7-6-8-12-18)36-28(44)37-24(29(3,4)5)27(43)38-16-10-9-13-20(38)26(42)35-19(23(40)25(34)41)14-15-30(31,32)33/h6-8,11-12,17,19-21,24H,9-10,13-16H2,1-5H3,(H2,34,41)(H,35,42)(H2,36,37,44). The quantitative estimate of drug-likeness (QED) is 0.206. The van der Waals surface area contributed by atoms with E-state index in [9.17, 15) is 41.9 Å². The number of alkyl halides is 3. The third-order valence-corrected chi connectivity index (χ3v) is 7.36. The highest BCUT2D eigenvalue weighted by molar-refractivity contribution is 6.37. The number of ketones is 2. The lowest BCUT2D eigenvalue weighted by molar-refractivity contribution is -0.148. The zero-order valence-corrected chi connectivity index (χ0v) is 25.6. The van der Waals surface area contributed by atoms with Crippen LogP contribution in [0.2, 0.25) is 0 Å². The van der Waals surface area contributed by atoms with Crippen molar-refractivity contribution >= 4 is 35.3 Å². The van der Waals surface area contributed by atoms with Gasteiger partial charge in [-0.25, -0.2) is 4.79 Å². The van der Waals surface area contributed by atoms with Gasteiger partial charge in [-0.3, -0.25) is 24.0 Å². The molecule has 1 heterocycles. The van der Waals surface area contributed by atoms with Crippen LogP contribution in [0.25, 0.3) is 0 Å². The summed E-state index contributed by atoms with van der Waals surface area (Å²) < 4.78 is 38.5. The molecule has 4 unspecified atom stereocenters. The molecule has 5 amide bonds. The molecule has 0 saturated carbocycles. The van der Waals surface area contributed by atoms with Crippen LogP contribution in [0.3, 0.4) is 0 Å². The first-order chi connectivity index (χ1) is 20.3. The van der Waals surface area contributed by atoms with Crippen LogP contribution in [0.5, 0.6) is 0 Å². The van der Waals surface area contributed by atoms with E-state index in [2.05, 4.69) is 16.0 Å². The molecule has 1 aliphatic rings. The topological polar surface area (TPSA) is 168 Å². The van der Waals surface area contributed by atoms with Gasteiger partial charge in [-0.1, -0.05) is 65.0 Å². The summed E-state index contributed by atoms with van der Waals surface area (Å²) in [5.74, 6) is -5.02. The molecule has 2 rings (SSSR count). The SMILES string of the molecule is CC(C)C(NC(=O)NC(C(=O)N1CCCCC1C(=O)NC(CCC(F)(F)F)C(=O)C(N)=O)C(C)(C)C)C(=O)c1ccccc1. The smallest absolute Gasteiger partial charge is 0.363 e. The van der Waals surface area contributed by atoms with E-state index < -0.39 is 78.1 Å². The first-order valence-corrected chi connectivity index (χ1v) is 14.5. The lowest BCUT2D eigenvalue weighted by Gasteiger charge is -2.40. The van der Waals surface area contributed by atoms with E-state index >= 15 is 0 Å². The number of amides is 5. The summed E-state index contributed by atoms with van der Waals surface area (Å²) in [6.45, 7) is 8.72. The van der Waals surface area contributed by atoms with Gasteiger partial charge in [0.2, 0.25) is 17.6 Å². The number of primary amides is 1. The molecular formula is C30H42F3N5O6. The lowest BCUT2D eigenvalue weighted by atomic mass is 9.84. The molecule has 0 spiro atoms. The third kappa shape index (κ3) is 10.3. The van der Waals surface area contributed by atoms with E-state index in [1.807, 2.05) is 0 Å². The van der Waals surface area contributed by atoms with Crippen LogP contribution in [0.4, 0.5) is 18.0 Å². The molecule has 244 valence electrons. The third-order valence-electron chi connectivity index (χ3n) is 7.36. The Morgan fingerprint density at radius 1 is 0.955 bits per heavy atom. The number of nitrogens with one attached hydrogen (secondary N) is 3. The van der Waals surface area contributed by atoms with E-state index in [1.54, 1.807) is 65.0 Å². The van der Waals surface area contributed by atoms with Crippen molar-refractivity contribution in [1.29, 1.82) is 0 Å². The number of likely N-dealkylation sites (tertiary alicyclic amines) is 1. The minimum Gasteiger partial charge on any atom is -0.363 e. The molecule has 0 aromatic heterocycles. The summed E-state index contributed by atoms with van der Waals surface area (Å²) in [5.41, 5.74) is 4.52. The maximum Gasteiger partial charge on any atom is 0.389 e. The molecule has 14 heteroatoms. The fraction of sp³-hybridized carbons (Fsp3) is 0.600. The number of nitrogens with zero attached hydrogens (tertiary/aromatic N) is 1. The van der Waals surface area contributed by atoms with Crippen molar-refractivity contribution in [3.63, 3.8) is 0 Å². The van der Waals surface area contributed by atoms with Gasteiger partial charge in [0.25, 0.3) is 5.91 Å². The molecule has 0 aliphatic carbocycles. The van der Waals surface area contributed by atoms with Crippen molar-refractivity contribution in [2.75, 3.05) is 6.54 Å². The Bertz CT molecular complexity index is 1220. The van der Waals surface area contributed by atoms with E-state index in [1.165, 1.54) is 4.90 Å². The minimum atomic E-state index is -4.65. The second kappa shape index (κ2) is 15.2. The summed E-state index contributed by atoms with van der Waals surface area (Å²) in [6.07, 6.45) is -5.84.